The van der Waals surface area contributed by atoms with Gasteiger partial charge in [0.05, 0.1) is 6.10 Å². The number of fused-ring (bicyclic) bond motifs is 1. The molecule has 0 radical (unpaired) electrons. The molecule has 0 fully saturated rings. The van der Waals surface area contributed by atoms with Crippen molar-refractivity contribution in [2.24, 2.45) is 0 Å². The molecule has 0 aromatic carbocycles. The van der Waals surface area contributed by atoms with Crippen LogP contribution in [0.4, 0.5) is 0 Å². The lowest BCUT2D eigenvalue weighted by Gasteiger charge is -2.08. The highest BCUT2D eigenvalue weighted by Crippen LogP contribution is 2.10. The summed E-state index contributed by atoms with van der Waals surface area (Å²) in [5.41, 5.74) is -0.854. The second kappa shape index (κ2) is 5.07. The third kappa shape index (κ3) is 2.55. The number of aliphatic hydroxyl groups is 1. The molecule has 0 aliphatic carbocycles. The van der Waals surface area contributed by atoms with E-state index < -0.39 is 29.0 Å². The standard InChI is InChI=1S/C12H13N3O4/c1-7(16)6-13-10(17)9-11(18)14-8-4-2-3-5-15(8)12(9)19/h2-5,7,16,18H,6H2,1H3,(H,13,17)/t7-/m1/s1. The predicted octanol–water partition coefficient (Wildman–Crippen LogP) is -0.489. The first kappa shape index (κ1) is 13.0. The SMILES string of the molecule is C[C@@H](O)CNC(=O)c1c(O)nc2ccccn2c1=O. The number of amides is 1. The van der Waals surface area contributed by atoms with Gasteiger partial charge in [-0.1, -0.05) is 6.07 Å². The molecule has 2 aromatic heterocycles. The van der Waals surface area contributed by atoms with Gasteiger partial charge in [-0.25, -0.2) is 0 Å². The highest BCUT2D eigenvalue weighted by atomic mass is 16.3. The zero-order valence-corrected chi connectivity index (χ0v) is 10.2. The molecule has 0 aliphatic heterocycles. The number of rotatable bonds is 3. The van der Waals surface area contributed by atoms with Crippen LogP contribution < -0.4 is 10.9 Å². The van der Waals surface area contributed by atoms with E-state index >= 15 is 0 Å². The van der Waals surface area contributed by atoms with Gasteiger partial charge in [0.15, 0.2) is 5.56 Å². The molecule has 2 rings (SSSR count). The Balaban J connectivity index is 2.49. The summed E-state index contributed by atoms with van der Waals surface area (Å²) in [5.74, 6) is -1.39. The molecule has 100 valence electrons. The molecule has 2 aromatic rings. The van der Waals surface area contributed by atoms with E-state index in [4.69, 9.17) is 5.11 Å². The Morgan fingerprint density at radius 3 is 2.95 bits per heavy atom. The fourth-order valence-corrected chi connectivity index (χ4v) is 1.60. The highest BCUT2D eigenvalue weighted by Gasteiger charge is 2.19. The Kier molecular flexibility index (Phi) is 3.48. The Morgan fingerprint density at radius 1 is 1.53 bits per heavy atom. The zero-order chi connectivity index (χ0) is 14.0. The van der Waals surface area contributed by atoms with Crippen LogP contribution in [0.25, 0.3) is 5.65 Å². The maximum atomic E-state index is 12.1. The van der Waals surface area contributed by atoms with Crippen molar-refractivity contribution in [3.8, 4) is 5.88 Å². The van der Waals surface area contributed by atoms with Gasteiger partial charge in [-0.3, -0.25) is 14.0 Å². The molecule has 1 amide bonds. The summed E-state index contributed by atoms with van der Waals surface area (Å²) in [4.78, 5) is 27.7. The zero-order valence-electron chi connectivity index (χ0n) is 10.2. The maximum absolute atomic E-state index is 12.1. The molecule has 0 unspecified atom stereocenters. The molecular formula is C12H13N3O4. The van der Waals surface area contributed by atoms with Crippen molar-refractivity contribution < 1.29 is 15.0 Å². The Bertz CT molecular complexity index is 678. The van der Waals surface area contributed by atoms with E-state index in [0.717, 1.165) is 4.40 Å². The quantitative estimate of drug-likeness (QED) is 0.693. The number of carbonyl (C=O) groups is 1. The van der Waals surface area contributed by atoms with Gasteiger partial charge in [0.1, 0.15) is 5.65 Å². The molecule has 2 heterocycles. The number of nitrogens with zero attached hydrogens (tertiary/aromatic N) is 2. The average molecular weight is 263 g/mol. The molecule has 1 atom stereocenters. The Hall–Kier alpha value is -2.41. The molecule has 0 saturated heterocycles. The lowest BCUT2D eigenvalue weighted by molar-refractivity contribution is 0.0919. The van der Waals surface area contributed by atoms with Crippen molar-refractivity contribution in [1.82, 2.24) is 14.7 Å². The van der Waals surface area contributed by atoms with Gasteiger partial charge in [-0.05, 0) is 19.1 Å². The first-order chi connectivity index (χ1) is 9.00. The summed E-state index contributed by atoms with van der Waals surface area (Å²) in [6.07, 6.45) is 0.706. The van der Waals surface area contributed by atoms with Crippen LogP contribution in [0.3, 0.4) is 0 Å². The smallest absolute Gasteiger partial charge is 0.274 e. The highest BCUT2D eigenvalue weighted by molar-refractivity contribution is 5.96. The van der Waals surface area contributed by atoms with Crippen LogP contribution in [0.2, 0.25) is 0 Å². The Morgan fingerprint density at radius 2 is 2.26 bits per heavy atom. The van der Waals surface area contributed by atoms with E-state index in [1.54, 1.807) is 18.2 Å². The summed E-state index contributed by atoms with van der Waals surface area (Å²) in [6.45, 7) is 1.47. The fraction of sp³-hybridized carbons (Fsp3) is 0.250. The number of pyridine rings is 1. The van der Waals surface area contributed by atoms with Crippen molar-refractivity contribution in [2.45, 2.75) is 13.0 Å². The van der Waals surface area contributed by atoms with E-state index in [0.29, 0.717) is 0 Å². The van der Waals surface area contributed by atoms with Gasteiger partial charge in [-0.15, -0.1) is 0 Å². The van der Waals surface area contributed by atoms with Crippen LogP contribution in [0.15, 0.2) is 29.2 Å². The van der Waals surface area contributed by atoms with Crippen LogP contribution in [-0.2, 0) is 0 Å². The van der Waals surface area contributed by atoms with Crippen molar-refractivity contribution in [2.75, 3.05) is 6.54 Å². The van der Waals surface area contributed by atoms with Gasteiger partial charge < -0.3 is 15.5 Å². The van der Waals surface area contributed by atoms with Crippen LogP contribution in [-0.4, -0.2) is 38.2 Å². The van der Waals surface area contributed by atoms with E-state index in [1.807, 2.05) is 0 Å². The molecule has 3 N–H and O–H groups in total. The minimum atomic E-state index is -0.769. The molecule has 0 aliphatic rings. The minimum absolute atomic E-state index is 0.0186. The second-order valence-electron chi connectivity index (χ2n) is 4.10. The number of carbonyl (C=O) groups excluding carboxylic acids is 1. The van der Waals surface area contributed by atoms with E-state index in [1.165, 1.54) is 13.1 Å². The number of aromatic hydroxyl groups is 1. The van der Waals surface area contributed by atoms with E-state index in [2.05, 4.69) is 10.3 Å². The van der Waals surface area contributed by atoms with Gasteiger partial charge >= 0.3 is 0 Å². The normalized spacial score (nSPS) is 12.3. The van der Waals surface area contributed by atoms with Gasteiger partial charge in [0.25, 0.3) is 11.5 Å². The van der Waals surface area contributed by atoms with E-state index in [9.17, 15) is 14.7 Å². The summed E-state index contributed by atoms with van der Waals surface area (Å²) in [6, 6.07) is 4.82. The molecule has 0 spiro atoms. The number of nitrogens with one attached hydrogen (secondary N) is 1. The molecule has 7 heteroatoms. The van der Waals surface area contributed by atoms with Crippen LogP contribution in [0, 0.1) is 0 Å². The third-order valence-corrected chi connectivity index (χ3v) is 2.50. The summed E-state index contributed by atoms with van der Waals surface area (Å²) in [7, 11) is 0. The van der Waals surface area contributed by atoms with Crippen molar-refractivity contribution in [3.05, 3.63) is 40.3 Å². The summed E-state index contributed by atoms with van der Waals surface area (Å²) >= 11 is 0. The monoisotopic (exact) mass is 263 g/mol. The third-order valence-electron chi connectivity index (χ3n) is 2.50. The number of aromatic nitrogens is 2. The molecule has 0 saturated carbocycles. The number of aliphatic hydroxyl groups excluding tert-OH is 1. The topological polar surface area (TPSA) is 104 Å². The van der Waals surface area contributed by atoms with Gasteiger partial charge in [0, 0.05) is 12.7 Å². The van der Waals surface area contributed by atoms with Crippen molar-refractivity contribution in [1.29, 1.82) is 0 Å². The average Bonchev–Trinajstić information content (AvgIpc) is 2.36. The number of hydrogen-bond acceptors (Lipinski definition) is 5. The molecule has 19 heavy (non-hydrogen) atoms. The summed E-state index contributed by atoms with van der Waals surface area (Å²) < 4.78 is 1.16. The number of hydrogen-bond donors (Lipinski definition) is 3. The van der Waals surface area contributed by atoms with Crippen LogP contribution >= 0.6 is 0 Å². The van der Waals surface area contributed by atoms with Crippen LogP contribution in [0.5, 0.6) is 5.88 Å². The lowest BCUT2D eigenvalue weighted by Crippen LogP contribution is -2.35. The lowest BCUT2D eigenvalue weighted by atomic mass is 10.2. The van der Waals surface area contributed by atoms with Crippen molar-refractivity contribution >= 4 is 11.6 Å². The Labute approximate surface area is 108 Å². The first-order valence-electron chi connectivity index (χ1n) is 5.67. The molecular weight excluding hydrogens is 250 g/mol. The van der Waals surface area contributed by atoms with Gasteiger partial charge in [0.2, 0.25) is 5.88 Å². The largest absolute Gasteiger partial charge is 0.493 e. The predicted molar refractivity (Wildman–Crippen MR) is 67.1 cm³/mol. The van der Waals surface area contributed by atoms with Crippen LogP contribution in [0.1, 0.15) is 17.3 Å². The van der Waals surface area contributed by atoms with Crippen molar-refractivity contribution in [3.63, 3.8) is 0 Å². The minimum Gasteiger partial charge on any atom is -0.493 e. The van der Waals surface area contributed by atoms with Gasteiger partial charge in [-0.2, -0.15) is 4.98 Å². The molecule has 7 nitrogen and oxygen atoms in total. The fourth-order valence-electron chi connectivity index (χ4n) is 1.60. The molecule has 0 bridgehead atoms. The van der Waals surface area contributed by atoms with E-state index in [-0.39, 0.29) is 12.2 Å². The maximum Gasteiger partial charge on any atom is 0.274 e. The first-order valence-corrected chi connectivity index (χ1v) is 5.67. The second-order valence-corrected chi connectivity index (χ2v) is 4.10. The summed E-state index contributed by atoms with van der Waals surface area (Å²) in [5, 5.41) is 21.1.